The second-order valence-corrected chi connectivity index (χ2v) is 2.74. The van der Waals surface area contributed by atoms with Crippen LogP contribution in [0.2, 0.25) is 5.02 Å². The van der Waals surface area contributed by atoms with Crippen LogP contribution in [0.1, 0.15) is 10.4 Å². The molecule has 3 nitrogen and oxygen atoms in total. The van der Waals surface area contributed by atoms with E-state index in [0.29, 0.717) is 0 Å². The first-order chi connectivity index (χ1) is 6.06. The molecular weight excluding hydrogens is 197 g/mol. The SMILES string of the molecule is COc1cc(Cl)c(F)cc1C(N)=O. The summed E-state index contributed by atoms with van der Waals surface area (Å²) >= 11 is 5.46. The van der Waals surface area contributed by atoms with Crippen molar-refractivity contribution in [2.24, 2.45) is 5.73 Å². The van der Waals surface area contributed by atoms with Gasteiger partial charge in [0.25, 0.3) is 5.91 Å². The number of rotatable bonds is 2. The van der Waals surface area contributed by atoms with Crippen LogP contribution in [0.15, 0.2) is 12.1 Å². The van der Waals surface area contributed by atoms with Crippen molar-refractivity contribution in [1.82, 2.24) is 0 Å². The maximum Gasteiger partial charge on any atom is 0.252 e. The lowest BCUT2D eigenvalue weighted by Crippen LogP contribution is -2.12. The third-order valence-corrected chi connectivity index (χ3v) is 1.80. The molecule has 0 aliphatic heterocycles. The van der Waals surface area contributed by atoms with Crippen molar-refractivity contribution in [2.45, 2.75) is 0 Å². The zero-order valence-electron chi connectivity index (χ0n) is 6.80. The second-order valence-electron chi connectivity index (χ2n) is 2.33. The molecule has 1 aromatic carbocycles. The summed E-state index contributed by atoms with van der Waals surface area (Å²) in [4.78, 5) is 10.8. The van der Waals surface area contributed by atoms with Gasteiger partial charge in [0, 0.05) is 6.07 Å². The molecule has 5 heteroatoms. The van der Waals surface area contributed by atoms with E-state index in [0.717, 1.165) is 6.07 Å². The van der Waals surface area contributed by atoms with Crippen LogP contribution in [0, 0.1) is 5.82 Å². The Hall–Kier alpha value is -1.29. The molecule has 1 aromatic rings. The highest BCUT2D eigenvalue weighted by molar-refractivity contribution is 6.31. The monoisotopic (exact) mass is 203 g/mol. The molecule has 0 fully saturated rings. The van der Waals surface area contributed by atoms with Crippen LogP contribution in [0.4, 0.5) is 4.39 Å². The fraction of sp³-hybridized carbons (Fsp3) is 0.125. The van der Waals surface area contributed by atoms with Crippen LogP contribution in [-0.2, 0) is 0 Å². The van der Waals surface area contributed by atoms with Gasteiger partial charge in [0.2, 0.25) is 0 Å². The lowest BCUT2D eigenvalue weighted by Gasteiger charge is -2.05. The Morgan fingerprint density at radius 3 is 2.69 bits per heavy atom. The number of hydrogen-bond acceptors (Lipinski definition) is 2. The predicted molar refractivity (Wildman–Crippen MR) is 46.5 cm³/mol. The van der Waals surface area contributed by atoms with Crippen molar-refractivity contribution in [2.75, 3.05) is 7.11 Å². The van der Waals surface area contributed by atoms with Gasteiger partial charge >= 0.3 is 0 Å². The van der Waals surface area contributed by atoms with Gasteiger partial charge in [0.1, 0.15) is 11.6 Å². The Morgan fingerprint density at radius 2 is 2.23 bits per heavy atom. The molecule has 0 aromatic heterocycles. The number of carbonyl (C=O) groups excluding carboxylic acids is 1. The first-order valence-corrected chi connectivity index (χ1v) is 3.77. The van der Waals surface area contributed by atoms with E-state index >= 15 is 0 Å². The van der Waals surface area contributed by atoms with Crippen LogP contribution in [0.25, 0.3) is 0 Å². The van der Waals surface area contributed by atoms with E-state index in [2.05, 4.69) is 0 Å². The topological polar surface area (TPSA) is 52.3 Å². The third kappa shape index (κ3) is 1.89. The Morgan fingerprint density at radius 1 is 1.62 bits per heavy atom. The van der Waals surface area contributed by atoms with E-state index in [-0.39, 0.29) is 16.3 Å². The first kappa shape index (κ1) is 9.80. The lowest BCUT2D eigenvalue weighted by molar-refractivity contribution is 0.0997. The fourth-order valence-electron chi connectivity index (χ4n) is 0.890. The zero-order chi connectivity index (χ0) is 10.0. The number of ether oxygens (including phenoxy) is 1. The molecule has 1 rings (SSSR count). The fourth-order valence-corrected chi connectivity index (χ4v) is 1.04. The summed E-state index contributed by atoms with van der Waals surface area (Å²) in [6, 6.07) is 2.15. The summed E-state index contributed by atoms with van der Waals surface area (Å²) in [5, 5.41) is -0.109. The molecule has 0 saturated heterocycles. The van der Waals surface area contributed by atoms with Gasteiger partial charge in [-0.1, -0.05) is 11.6 Å². The second kappa shape index (κ2) is 3.62. The molecule has 0 saturated carbocycles. The molecular formula is C8H7ClFNO2. The van der Waals surface area contributed by atoms with Crippen LogP contribution in [0.3, 0.4) is 0 Å². The summed E-state index contributed by atoms with van der Waals surface area (Å²) in [6.45, 7) is 0. The van der Waals surface area contributed by atoms with Crippen molar-refractivity contribution in [1.29, 1.82) is 0 Å². The molecule has 70 valence electrons. The Bertz CT molecular complexity index is 354. The van der Waals surface area contributed by atoms with Gasteiger partial charge in [-0.2, -0.15) is 0 Å². The number of methoxy groups -OCH3 is 1. The highest BCUT2D eigenvalue weighted by atomic mass is 35.5. The van der Waals surface area contributed by atoms with Gasteiger partial charge < -0.3 is 10.5 Å². The Balaban J connectivity index is 3.33. The zero-order valence-corrected chi connectivity index (χ0v) is 7.56. The van der Waals surface area contributed by atoms with Gasteiger partial charge in [-0.05, 0) is 6.07 Å². The van der Waals surface area contributed by atoms with Gasteiger partial charge in [-0.15, -0.1) is 0 Å². The van der Waals surface area contributed by atoms with E-state index in [4.69, 9.17) is 22.1 Å². The summed E-state index contributed by atoms with van der Waals surface area (Å²) < 4.78 is 17.7. The van der Waals surface area contributed by atoms with Crippen LogP contribution < -0.4 is 10.5 Å². The van der Waals surface area contributed by atoms with Crippen molar-refractivity contribution >= 4 is 17.5 Å². The van der Waals surface area contributed by atoms with Gasteiger partial charge in [-0.25, -0.2) is 4.39 Å². The largest absolute Gasteiger partial charge is 0.496 e. The Kier molecular flexibility index (Phi) is 2.72. The third-order valence-electron chi connectivity index (χ3n) is 1.51. The Labute approximate surface area is 79.2 Å². The molecule has 1 amide bonds. The molecule has 2 N–H and O–H groups in total. The molecule has 0 bridgehead atoms. The number of benzene rings is 1. The summed E-state index contributed by atoms with van der Waals surface area (Å²) in [6.07, 6.45) is 0. The van der Waals surface area contributed by atoms with Gasteiger partial charge in [0.05, 0.1) is 17.7 Å². The minimum Gasteiger partial charge on any atom is -0.496 e. The van der Waals surface area contributed by atoms with Gasteiger partial charge in [0.15, 0.2) is 0 Å². The molecule has 0 unspecified atom stereocenters. The summed E-state index contributed by atoms with van der Waals surface area (Å²) in [5.74, 6) is -1.29. The van der Waals surface area contributed by atoms with Gasteiger partial charge in [-0.3, -0.25) is 4.79 Å². The number of hydrogen-bond donors (Lipinski definition) is 1. The van der Waals surface area contributed by atoms with E-state index in [1.54, 1.807) is 0 Å². The van der Waals surface area contributed by atoms with Crippen LogP contribution in [0.5, 0.6) is 5.75 Å². The van der Waals surface area contributed by atoms with Crippen molar-refractivity contribution < 1.29 is 13.9 Å². The highest BCUT2D eigenvalue weighted by Crippen LogP contribution is 2.25. The normalized spacial score (nSPS) is 9.77. The predicted octanol–water partition coefficient (Wildman–Crippen LogP) is 1.59. The molecule has 0 radical (unpaired) electrons. The van der Waals surface area contributed by atoms with E-state index < -0.39 is 11.7 Å². The summed E-state index contributed by atoms with van der Waals surface area (Å²) in [5.41, 5.74) is 4.96. The van der Waals surface area contributed by atoms with Crippen molar-refractivity contribution in [3.63, 3.8) is 0 Å². The van der Waals surface area contributed by atoms with Crippen molar-refractivity contribution in [3.05, 3.63) is 28.5 Å². The number of primary amides is 1. The maximum atomic E-state index is 12.9. The summed E-state index contributed by atoms with van der Waals surface area (Å²) in [7, 11) is 1.34. The van der Waals surface area contributed by atoms with E-state index in [9.17, 15) is 9.18 Å². The number of amides is 1. The maximum absolute atomic E-state index is 12.9. The lowest BCUT2D eigenvalue weighted by atomic mass is 10.2. The number of carbonyl (C=O) groups is 1. The first-order valence-electron chi connectivity index (χ1n) is 3.39. The minimum atomic E-state index is -0.757. The molecule has 0 aliphatic carbocycles. The van der Waals surface area contributed by atoms with E-state index in [1.165, 1.54) is 13.2 Å². The number of nitrogens with two attached hydrogens (primary N) is 1. The average molecular weight is 204 g/mol. The highest BCUT2D eigenvalue weighted by Gasteiger charge is 2.12. The minimum absolute atomic E-state index is 0.0237. The van der Waals surface area contributed by atoms with E-state index in [1.807, 2.05) is 0 Å². The molecule has 0 aliphatic rings. The molecule has 0 spiro atoms. The molecule has 13 heavy (non-hydrogen) atoms. The van der Waals surface area contributed by atoms with Crippen LogP contribution in [-0.4, -0.2) is 13.0 Å². The quantitative estimate of drug-likeness (QED) is 0.794. The smallest absolute Gasteiger partial charge is 0.252 e. The number of halogens is 2. The standard InChI is InChI=1S/C8H7ClFNO2/c1-13-7-3-5(9)6(10)2-4(7)8(11)12/h2-3H,1H3,(H2,11,12). The molecule has 0 atom stereocenters. The molecule has 0 heterocycles. The average Bonchev–Trinajstić information content (AvgIpc) is 2.08. The van der Waals surface area contributed by atoms with Crippen molar-refractivity contribution in [3.8, 4) is 5.75 Å². The van der Waals surface area contributed by atoms with Crippen LogP contribution >= 0.6 is 11.6 Å².